The van der Waals surface area contributed by atoms with E-state index in [0.717, 1.165) is 30.7 Å². The van der Waals surface area contributed by atoms with Gasteiger partial charge in [-0.05, 0) is 33.1 Å². The summed E-state index contributed by atoms with van der Waals surface area (Å²) in [6.07, 6.45) is 3.68. The van der Waals surface area contributed by atoms with Crippen LogP contribution in [0.1, 0.15) is 30.7 Å². The number of nitrogens with two attached hydrogens (primary N) is 1. The van der Waals surface area contributed by atoms with Crippen LogP contribution in [-0.4, -0.2) is 33.9 Å². The fraction of sp³-hybridized carbons (Fsp3) is 0.692. The van der Waals surface area contributed by atoms with E-state index in [9.17, 15) is 4.79 Å². The third kappa shape index (κ3) is 2.20. The van der Waals surface area contributed by atoms with Gasteiger partial charge in [0.1, 0.15) is 6.54 Å². The molecule has 104 valence electrons. The number of fused-ring (bicyclic) bond motifs is 2. The minimum absolute atomic E-state index is 0.0215. The normalized spacial score (nSPS) is 28.8. The highest BCUT2D eigenvalue weighted by molar-refractivity contribution is 5.76. The van der Waals surface area contributed by atoms with Crippen LogP contribution in [0, 0.1) is 13.8 Å². The van der Waals surface area contributed by atoms with Gasteiger partial charge in [0.2, 0.25) is 5.91 Å². The van der Waals surface area contributed by atoms with E-state index < -0.39 is 0 Å². The molecule has 1 aromatic rings. The monoisotopic (exact) mass is 264 g/mol. The van der Waals surface area contributed by atoms with Crippen molar-refractivity contribution in [3.05, 3.63) is 11.4 Å². The Balaban J connectivity index is 1.61. The number of nitrogens with zero attached hydrogens (tertiary/aromatic N) is 2. The van der Waals surface area contributed by atoms with Crippen LogP contribution >= 0.6 is 0 Å². The highest BCUT2D eigenvalue weighted by Crippen LogP contribution is 2.34. The van der Waals surface area contributed by atoms with E-state index in [1.54, 1.807) is 4.68 Å². The zero-order chi connectivity index (χ0) is 13.6. The SMILES string of the molecule is Cc1nn(CC(=O)NC2CC3CCC2O3)c(C)c1N. The molecule has 0 aromatic carbocycles. The molecule has 3 atom stereocenters. The molecule has 0 aliphatic carbocycles. The summed E-state index contributed by atoms with van der Waals surface area (Å²) < 4.78 is 7.39. The van der Waals surface area contributed by atoms with Crippen LogP contribution in [-0.2, 0) is 16.1 Å². The third-order valence-corrected chi connectivity index (χ3v) is 4.18. The minimum atomic E-state index is -0.0215. The van der Waals surface area contributed by atoms with Crippen molar-refractivity contribution in [1.29, 1.82) is 0 Å². The number of nitrogens with one attached hydrogen (secondary N) is 1. The summed E-state index contributed by atoms with van der Waals surface area (Å²) in [7, 11) is 0. The number of ether oxygens (including phenoxy) is 1. The number of rotatable bonds is 3. The summed E-state index contributed by atoms with van der Waals surface area (Å²) in [4.78, 5) is 12.0. The number of aryl methyl sites for hydroxylation is 1. The molecule has 0 spiro atoms. The van der Waals surface area contributed by atoms with Gasteiger partial charge in [-0.25, -0.2) is 0 Å². The molecule has 3 rings (SSSR count). The van der Waals surface area contributed by atoms with E-state index in [-0.39, 0.29) is 24.6 Å². The molecule has 2 saturated heterocycles. The Hall–Kier alpha value is -1.56. The van der Waals surface area contributed by atoms with Crippen LogP contribution in [0.5, 0.6) is 0 Å². The molecular weight excluding hydrogens is 244 g/mol. The highest BCUT2D eigenvalue weighted by Gasteiger charge is 2.41. The van der Waals surface area contributed by atoms with Gasteiger partial charge in [-0.15, -0.1) is 0 Å². The summed E-state index contributed by atoms with van der Waals surface area (Å²) in [5.41, 5.74) is 8.14. The summed E-state index contributed by atoms with van der Waals surface area (Å²) in [5.74, 6) is -0.0215. The van der Waals surface area contributed by atoms with Gasteiger partial charge in [0, 0.05) is 0 Å². The van der Waals surface area contributed by atoms with Crippen molar-refractivity contribution < 1.29 is 9.53 Å². The predicted molar refractivity (Wildman–Crippen MR) is 70.6 cm³/mol. The van der Waals surface area contributed by atoms with Crippen molar-refractivity contribution in [1.82, 2.24) is 15.1 Å². The lowest BCUT2D eigenvalue weighted by molar-refractivity contribution is -0.123. The molecule has 1 amide bonds. The number of nitrogen functional groups attached to an aromatic ring is 1. The van der Waals surface area contributed by atoms with Crippen LogP contribution in [0.2, 0.25) is 0 Å². The van der Waals surface area contributed by atoms with Crippen molar-refractivity contribution >= 4 is 11.6 Å². The van der Waals surface area contributed by atoms with Crippen molar-refractivity contribution in [2.75, 3.05) is 5.73 Å². The van der Waals surface area contributed by atoms with E-state index in [4.69, 9.17) is 10.5 Å². The number of carbonyl (C=O) groups is 1. The van der Waals surface area contributed by atoms with Crippen molar-refractivity contribution in [2.45, 2.75) is 57.9 Å². The lowest BCUT2D eigenvalue weighted by Gasteiger charge is -2.20. The molecule has 3 heterocycles. The smallest absolute Gasteiger partial charge is 0.242 e. The zero-order valence-corrected chi connectivity index (χ0v) is 11.3. The maximum absolute atomic E-state index is 12.0. The maximum atomic E-state index is 12.0. The largest absolute Gasteiger partial charge is 0.396 e. The quantitative estimate of drug-likeness (QED) is 0.833. The number of carbonyl (C=O) groups excluding carboxylic acids is 1. The molecule has 19 heavy (non-hydrogen) atoms. The van der Waals surface area contributed by atoms with Crippen LogP contribution in [0.3, 0.4) is 0 Å². The van der Waals surface area contributed by atoms with Gasteiger partial charge < -0.3 is 15.8 Å². The second kappa shape index (κ2) is 4.52. The molecular formula is C13H20N4O2. The van der Waals surface area contributed by atoms with Gasteiger partial charge in [0.25, 0.3) is 0 Å². The number of hydrogen-bond acceptors (Lipinski definition) is 4. The molecule has 6 nitrogen and oxygen atoms in total. The number of anilines is 1. The van der Waals surface area contributed by atoms with E-state index in [2.05, 4.69) is 10.4 Å². The second-order valence-corrected chi connectivity index (χ2v) is 5.53. The molecule has 3 N–H and O–H groups in total. The molecule has 1 aromatic heterocycles. The lowest BCUT2D eigenvalue weighted by atomic mass is 9.95. The summed E-state index contributed by atoms with van der Waals surface area (Å²) in [6, 6.07) is 0.167. The Labute approximate surface area is 112 Å². The predicted octanol–water partition coefficient (Wildman–Crippen LogP) is 0.518. The fourth-order valence-corrected chi connectivity index (χ4v) is 3.04. The van der Waals surface area contributed by atoms with E-state index in [1.807, 2.05) is 13.8 Å². The molecule has 2 bridgehead atoms. The van der Waals surface area contributed by atoms with Crippen LogP contribution in [0.4, 0.5) is 5.69 Å². The van der Waals surface area contributed by atoms with Gasteiger partial charge in [0.15, 0.2) is 0 Å². The Morgan fingerprint density at radius 1 is 1.53 bits per heavy atom. The van der Waals surface area contributed by atoms with Crippen LogP contribution in [0.15, 0.2) is 0 Å². The first-order valence-corrected chi connectivity index (χ1v) is 6.79. The van der Waals surface area contributed by atoms with Gasteiger partial charge in [-0.2, -0.15) is 5.10 Å². The van der Waals surface area contributed by atoms with Gasteiger partial charge in [-0.1, -0.05) is 0 Å². The first-order valence-electron chi connectivity index (χ1n) is 6.79. The summed E-state index contributed by atoms with van der Waals surface area (Å²) in [6.45, 7) is 3.95. The van der Waals surface area contributed by atoms with Crippen LogP contribution in [0.25, 0.3) is 0 Å². The average molecular weight is 264 g/mol. The average Bonchev–Trinajstić information content (AvgIpc) is 3.02. The third-order valence-electron chi connectivity index (χ3n) is 4.18. The molecule has 0 saturated carbocycles. The van der Waals surface area contributed by atoms with Gasteiger partial charge in [-0.3, -0.25) is 9.48 Å². The molecule has 2 fully saturated rings. The minimum Gasteiger partial charge on any atom is -0.396 e. The topological polar surface area (TPSA) is 82.2 Å². The molecule has 3 unspecified atom stereocenters. The van der Waals surface area contributed by atoms with Crippen molar-refractivity contribution in [2.24, 2.45) is 0 Å². The highest BCUT2D eigenvalue weighted by atomic mass is 16.5. The van der Waals surface area contributed by atoms with E-state index in [0.29, 0.717) is 11.8 Å². The molecule has 2 aliphatic rings. The Morgan fingerprint density at radius 3 is 2.84 bits per heavy atom. The first kappa shape index (κ1) is 12.5. The van der Waals surface area contributed by atoms with E-state index in [1.165, 1.54) is 0 Å². The number of aromatic nitrogens is 2. The number of amides is 1. The zero-order valence-electron chi connectivity index (χ0n) is 11.3. The first-order chi connectivity index (χ1) is 9.04. The Bertz CT molecular complexity index is 511. The molecule has 6 heteroatoms. The van der Waals surface area contributed by atoms with Gasteiger partial charge in [0.05, 0.1) is 35.3 Å². The Morgan fingerprint density at radius 2 is 2.32 bits per heavy atom. The summed E-state index contributed by atoms with van der Waals surface area (Å²) in [5, 5.41) is 7.32. The van der Waals surface area contributed by atoms with Gasteiger partial charge >= 0.3 is 0 Å². The lowest BCUT2D eigenvalue weighted by Crippen LogP contribution is -2.43. The molecule has 0 radical (unpaired) electrons. The molecule has 2 aliphatic heterocycles. The van der Waals surface area contributed by atoms with Crippen molar-refractivity contribution in [3.8, 4) is 0 Å². The van der Waals surface area contributed by atoms with Crippen LogP contribution < -0.4 is 11.1 Å². The van der Waals surface area contributed by atoms with Crippen molar-refractivity contribution in [3.63, 3.8) is 0 Å². The second-order valence-electron chi connectivity index (χ2n) is 5.53. The number of hydrogen-bond donors (Lipinski definition) is 2. The maximum Gasteiger partial charge on any atom is 0.242 e. The summed E-state index contributed by atoms with van der Waals surface area (Å²) >= 11 is 0. The Kier molecular flexibility index (Phi) is 2.97. The van der Waals surface area contributed by atoms with E-state index >= 15 is 0 Å². The standard InChI is InChI=1S/C13H20N4O2/c1-7-13(14)8(2)17(16-7)6-12(18)15-10-5-9-3-4-11(10)19-9/h9-11H,3-6,14H2,1-2H3,(H,15,18). The fourth-order valence-electron chi connectivity index (χ4n) is 3.04.